The highest BCUT2D eigenvalue weighted by Gasteiger charge is 1.81. The van der Waals surface area contributed by atoms with Crippen molar-refractivity contribution in [2.75, 3.05) is 6.56 Å². The molecule has 2 nitrogen and oxygen atoms in total. The van der Waals surface area contributed by atoms with E-state index in [0.717, 1.165) is 0 Å². The first kappa shape index (κ1) is 0.768. The van der Waals surface area contributed by atoms with E-state index < -0.39 is 19.4 Å². The number of aliphatic hydroxyl groups is 1. The molecule has 0 radical (unpaired) electrons. The van der Waals surface area contributed by atoms with Crippen molar-refractivity contribution in [2.24, 2.45) is 5.73 Å². The van der Waals surface area contributed by atoms with Crippen LogP contribution in [0, 0.1) is 0 Å². The third kappa shape index (κ3) is 3.92. The van der Waals surface area contributed by atoms with Gasteiger partial charge >= 0.3 is 0 Å². The first-order valence-electron chi connectivity index (χ1n) is 4.01. The average molecular weight is 81.1 g/mol. The Bertz CT molecular complexity index is 129. The van der Waals surface area contributed by atoms with Gasteiger partial charge in [0.15, 0.2) is 0 Å². The van der Waals surface area contributed by atoms with Crippen LogP contribution in [0.4, 0.5) is 0 Å². The third-order valence-corrected chi connectivity index (χ3v) is 0.120. The van der Waals surface area contributed by atoms with Gasteiger partial charge in [0.25, 0.3) is 0 Å². The zero-order valence-electron chi connectivity index (χ0n) is 8.52. The van der Waals surface area contributed by atoms with E-state index in [1.165, 1.54) is 0 Å². The van der Waals surface area contributed by atoms with Gasteiger partial charge in [-0.3, -0.25) is 0 Å². The minimum atomic E-state index is -3.24. The van der Waals surface area contributed by atoms with E-state index >= 15 is 0 Å². The van der Waals surface area contributed by atoms with Gasteiger partial charge in [-0.15, -0.1) is 0 Å². The Kier molecular flexibility index (Phi) is 0.334. The molecule has 0 aromatic rings. The zero-order chi connectivity index (χ0) is 9.50. The Balaban J connectivity index is 4.75. The number of nitrogens with two attached hydrogens (primary N) is 1. The fourth-order valence-corrected chi connectivity index (χ4v) is 0. The predicted molar refractivity (Wildman–Crippen MR) is 20.7 cm³/mol. The van der Waals surface area contributed by atoms with Crippen LogP contribution in [0.15, 0.2) is 0 Å². The second-order valence-corrected chi connectivity index (χ2v) is 0.525. The Morgan fingerprint density at radius 3 is 3.40 bits per heavy atom. The van der Waals surface area contributed by atoms with Crippen LogP contribution in [0.5, 0.6) is 0 Å². The van der Waals surface area contributed by atoms with Crippen LogP contribution < -0.4 is 5.73 Å². The molecule has 0 aliphatic heterocycles. The van der Waals surface area contributed by atoms with Gasteiger partial charge in [-0.25, -0.2) is 0 Å². The molecule has 0 amide bonds. The van der Waals surface area contributed by atoms with E-state index in [0.29, 0.717) is 0 Å². The lowest BCUT2D eigenvalue weighted by atomic mass is 10.4. The molecule has 3 N–H and O–H groups in total. The van der Waals surface area contributed by atoms with Gasteiger partial charge in [0.2, 0.25) is 0 Å². The summed E-state index contributed by atoms with van der Waals surface area (Å²) in [6.07, 6.45) is 0. The molecule has 0 spiro atoms. The lowest BCUT2D eigenvalue weighted by molar-refractivity contribution is 0.273. The van der Waals surface area contributed by atoms with Crippen molar-refractivity contribution >= 4 is 0 Å². The molecular weight excluding hydrogens is 66.0 g/mol. The molecular formula is C3H9NO. The molecule has 0 saturated carbocycles. The quantitative estimate of drug-likeness (QED) is 0.439. The summed E-state index contributed by atoms with van der Waals surface area (Å²) in [5.41, 5.74) is 4.75. The van der Waals surface area contributed by atoms with E-state index in [-0.39, 0.29) is 0 Å². The molecule has 0 aliphatic carbocycles. The highest BCUT2D eigenvalue weighted by atomic mass is 16.3. The molecule has 0 heterocycles. The van der Waals surface area contributed by atoms with Crippen LogP contribution in [-0.4, -0.2) is 17.7 Å². The normalized spacial score (nSPS) is 44.4. The smallest absolute Gasteiger partial charge is 0.0580 e. The van der Waals surface area contributed by atoms with Crippen molar-refractivity contribution in [3.8, 4) is 0 Å². The first-order chi connectivity index (χ1) is 4.50. The fourth-order valence-electron chi connectivity index (χ4n) is 0. The summed E-state index contributed by atoms with van der Waals surface area (Å²) < 4.78 is 39.7. The number of rotatable bonds is 1. The van der Waals surface area contributed by atoms with Crippen LogP contribution in [0.25, 0.3) is 0 Å². The SMILES string of the molecule is [2H]C([2H])([2H])C([2H])(N)C([2H])([2H])O. The highest BCUT2D eigenvalue weighted by Crippen LogP contribution is 1.62. The van der Waals surface area contributed by atoms with Crippen molar-refractivity contribution in [2.45, 2.75) is 12.9 Å². The summed E-state index contributed by atoms with van der Waals surface area (Å²) in [5.74, 6) is 0. The molecule has 2 heteroatoms. The molecule has 5 heavy (non-hydrogen) atoms. The Morgan fingerprint density at radius 2 is 3.40 bits per heavy atom. The predicted octanol–water partition coefficient (Wildman–Crippen LogP) is -0.674. The minimum Gasteiger partial charge on any atom is -0.395 e. The molecule has 0 aromatic heterocycles. The van der Waals surface area contributed by atoms with Gasteiger partial charge in [0, 0.05) is 11.5 Å². The molecule has 0 saturated heterocycles. The van der Waals surface area contributed by atoms with E-state index in [1.54, 1.807) is 0 Å². The second-order valence-electron chi connectivity index (χ2n) is 0.525. The van der Waals surface area contributed by atoms with Crippen molar-refractivity contribution in [3.05, 3.63) is 0 Å². The Labute approximate surface area is 40.0 Å². The van der Waals surface area contributed by atoms with E-state index in [1.807, 2.05) is 0 Å². The van der Waals surface area contributed by atoms with Crippen molar-refractivity contribution in [1.29, 1.82) is 0 Å². The van der Waals surface area contributed by atoms with Gasteiger partial charge in [0.1, 0.15) is 0 Å². The van der Waals surface area contributed by atoms with E-state index in [9.17, 15) is 0 Å². The molecule has 1 atom stereocenters. The first-order valence-corrected chi connectivity index (χ1v) is 1.01. The largest absolute Gasteiger partial charge is 0.395 e. The standard InChI is InChI=1S/C3H9NO/c1-3(4)2-5/h3,5H,2,4H2,1H3/i1D3,2D2,3D. The van der Waals surface area contributed by atoms with Crippen molar-refractivity contribution in [1.82, 2.24) is 0 Å². The highest BCUT2D eigenvalue weighted by molar-refractivity contribution is 4.43. The maximum absolute atomic E-state index is 8.54. The third-order valence-electron chi connectivity index (χ3n) is 0.120. The second kappa shape index (κ2) is 2.18. The Morgan fingerprint density at radius 1 is 2.80 bits per heavy atom. The number of hydrogen-bond donors (Lipinski definition) is 2. The molecule has 0 bridgehead atoms. The minimum absolute atomic E-state index is 2.99. The number of hydrogen-bond acceptors (Lipinski definition) is 2. The molecule has 0 aromatic carbocycles. The lowest BCUT2D eigenvalue weighted by Gasteiger charge is -1.91. The Hall–Kier alpha value is -0.0800. The van der Waals surface area contributed by atoms with Crippen molar-refractivity contribution < 1.29 is 13.3 Å². The average Bonchev–Trinajstić information content (AvgIpc) is 1.58. The summed E-state index contributed by atoms with van der Waals surface area (Å²) in [5, 5.41) is 8.54. The van der Waals surface area contributed by atoms with Crippen molar-refractivity contribution in [3.63, 3.8) is 0 Å². The van der Waals surface area contributed by atoms with Gasteiger partial charge in [-0.2, -0.15) is 0 Å². The van der Waals surface area contributed by atoms with Gasteiger partial charge in [-0.1, -0.05) is 0 Å². The monoisotopic (exact) mass is 81.1 g/mol. The van der Waals surface area contributed by atoms with Gasteiger partial charge < -0.3 is 10.8 Å². The molecule has 32 valence electrons. The van der Waals surface area contributed by atoms with Crippen LogP contribution in [0.1, 0.15) is 15.1 Å². The van der Waals surface area contributed by atoms with E-state index in [2.05, 4.69) is 0 Å². The van der Waals surface area contributed by atoms with Gasteiger partial charge in [0.05, 0.1) is 9.30 Å². The van der Waals surface area contributed by atoms with Crippen LogP contribution in [-0.2, 0) is 0 Å². The molecule has 0 rings (SSSR count). The zero-order valence-corrected chi connectivity index (χ0v) is 2.52. The molecule has 0 aliphatic rings. The summed E-state index contributed by atoms with van der Waals surface area (Å²) in [6, 6.07) is -2.99. The molecule has 1 unspecified atom stereocenters. The summed E-state index contributed by atoms with van der Waals surface area (Å²) in [4.78, 5) is 0. The summed E-state index contributed by atoms with van der Waals surface area (Å²) >= 11 is 0. The maximum Gasteiger partial charge on any atom is 0.0580 e. The summed E-state index contributed by atoms with van der Waals surface area (Å²) in [7, 11) is 0. The maximum atomic E-state index is 8.54. The van der Waals surface area contributed by atoms with Crippen LogP contribution in [0.2, 0.25) is 0 Å². The van der Waals surface area contributed by atoms with E-state index in [4.69, 9.17) is 19.1 Å². The molecule has 0 fully saturated rings. The van der Waals surface area contributed by atoms with Gasteiger partial charge in [-0.05, 0) is 6.85 Å². The van der Waals surface area contributed by atoms with Crippen LogP contribution in [0.3, 0.4) is 0 Å². The fraction of sp³-hybridized carbons (Fsp3) is 1.00. The summed E-state index contributed by atoms with van der Waals surface area (Å²) in [6.45, 7) is -6.29. The topological polar surface area (TPSA) is 46.2 Å². The lowest BCUT2D eigenvalue weighted by Crippen LogP contribution is -2.18. The van der Waals surface area contributed by atoms with Crippen LogP contribution >= 0.6 is 0 Å².